The van der Waals surface area contributed by atoms with E-state index in [0.29, 0.717) is 19.5 Å². The van der Waals surface area contributed by atoms with Crippen LogP contribution in [0.25, 0.3) is 0 Å². The minimum absolute atomic E-state index is 0.0370. The van der Waals surface area contributed by atoms with Gasteiger partial charge in [-0.2, -0.15) is 0 Å². The molecule has 0 aromatic carbocycles. The first-order valence-electron chi connectivity index (χ1n) is 4.95. The molecular weight excluding hydrogens is 194 g/mol. The number of imidazole rings is 1. The lowest BCUT2D eigenvalue weighted by atomic mass is 10.1. The summed E-state index contributed by atoms with van der Waals surface area (Å²) in [6.45, 7) is 2.94. The molecule has 2 heterocycles. The molecule has 0 saturated carbocycles. The lowest BCUT2D eigenvalue weighted by molar-refractivity contribution is -0.139. The molecule has 1 aromatic rings. The molecule has 1 aromatic heterocycles. The Hall–Kier alpha value is -1.65. The molecule has 1 amide bonds. The zero-order valence-electron chi connectivity index (χ0n) is 8.62. The van der Waals surface area contributed by atoms with Crippen LogP contribution in [0.4, 0.5) is 0 Å². The lowest BCUT2D eigenvalue weighted by Crippen LogP contribution is -2.38. The number of nitrogens with zero attached hydrogens (tertiary/aromatic N) is 2. The second-order valence-corrected chi connectivity index (χ2v) is 3.75. The fraction of sp³-hybridized carbons (Fsp3) is 0.500. The first kappa shape index (κ1) is 9.89. The molecule has 5 heteroatoms. The maximum atomic E-state index is 11.5. The van der Waals surface area contributed by atoms with Crippen LogP contribution in [0, 0.1) is 6.92 Å². The Kier molecular flexibility index (Phi) is 2.53. The number of aromatic amines is 1. The molecule has 2 rings (SSSR count). The van der Waals surface area contributed by atoms with Crippen molar-refractivity contribution in [1.82, 2.24) is 14.9 Å². The molecule has 0 unspecified atom stereocenters. The Bertz CT molecular complexity index is 397. The molecule has 0 bridgehead atoms. The first-order valence-corrected chi connectivity index (χ1v) is 4.95. The van der Waals surface area contributed by atoms with E-state index in [4.69, 9.17) is 0 Å². The Balaban J connectivity index is 2.04. The summed E-state index contributed by atoms with van der Waals surface area (Å²) in [5, 5.41) is 0. The second-order valence-electron chi connectivity index (χ2n) is 3.75. The number of hydrogen-bond donors (Lipinski definition) is 1. The van der Waals surface area contributed by atoms with Gasteiger partial charge in [0.25, 0.3) is 0 Å². The van der Waals surface area contributed by atoms with E-state index in [2.05, 4.69) is 9.97 Å². The molecule has 1 aliphatic heterocycles. The molecule has 1 saturated heterocycles. The fourth-order valence-electron chi connectivity index (χ4n) is 1.65. The molecule has 0 aliphatic carbocycles. The van der Waals surface area contributed by atoms with Gasteiger partial charge in [0.15, 0.2) is 0 Å². The molecule has 0 spiro atoms. The third-order valence-electron chi connectivity index (χ3n) is 2.64. The van der Waals surface area contributed by atoms with Crippen LogP contribution < -0.4 is 0 Å². The van der Waals surface area contributed by atoms with Crippen LogP contribution in [0.3, 0.4) is 0 Å². The highest BCUT2D eigenvalue weighted by Gasteiger charge is 2.24. The van der Waals surface area contributed by atoms with Crippen molar-refractivity contribution in [3.8, 4) is 0 Å². The monoisotopic (exact) mass is 207 g/mol. The van der Waals surface area contributed by atoms with Crippen molar-refractivity contribution >= 4 is 11.7 Å². The number of nitrogens with one attached hydrogen (secondary N) is 1. The summed E-state index contributed by atoms with van der Waals surface area (Å²) in [6, 6.07) is 0. The number of carbonyl (C=O) groups is 2. The summed E-state index contributed by atoms with van der Waals surface area (Å²) >= 11 is 0. The van der Waals surface area contributed by atoms with Gasteiger partial charge in [0.2, 0.25) is 5.91 Å². The van der Waals surface area contributed by atoms with E-state index >= 15 is 0 Å². The van der Waals surface area contributed by atoms with Gasteiger partial charge >= 0.3 is 0 Å². The van der Waals surface area contributed by atoms with Gasteiger partial charge in [-0.3, -0.25) is 9.59 Å². The Labute approximate surface area is 87.5 Å². The van der Waals surface area contributed by atoms with E-state index in [-0.39, 0.29) is 18.1 Å². The number of aryl methyl sites for hydroxylation is 1. The van der Waals surface area contributed by atoms with Crippen molar-refractivity contribution in [3.63, 3.8) is 0 Å². The topological polar surface area (TPSA) is 66.1 Å². The van der Waals surface area contributed by atoms with Crippen molar-refractivity contribution < 1.29 is 9.59 Å². The van der Waals surface area contributed by atoms with Gasteiger partial charge in [-0.25, -0.2) is 4.98 Å². The largest absolute Gasteiger partial charge is 0.348 e. The van der Waals surface area contributed by atoms with Gasteiger partial charge in [0.05, 0.1) is 25.0 Å². The summed E-state index contributed by atoms with van der Waals surface area (Å²) in [4.78, 5) is 31.3. The van der Waals surface area contributed by atoms with Gasteiger partial charge in [-0.1, -0.05) is 0 Å². The van der Waals surface area contributed by atoms with Gasteiger partial charge in [0, 0.05) is 18.7 Å². The summed E-state index contributed by atoms with van der Waals surface area (Å²) in [5.41, 5.74) is 1.84. The van der Waals surface area contributed by atoms with Crippen LogP contribution in [0.15, 0.2) is 6.33 Å². The SMILES string of the molecule is Cc1[nH]cnc1CN1CCC(=O)CC1=O. The third-order valence-corrected chi connectivity index (χ3v) is 2.64. The highest BCUT2D eigenvalue weighted by atomic mass is 16.2. The van der Waals surface area contributed by atoms with Crippen LogP contribution in [0.1, 0.15) is 24.2 Å². The van der Waals surface area contributed by atoms with E-state index in [9.17, 15) is 9.59 Å². The number of aromatic nitrogens is 2. The van der Waals surface area contributed by atoms with Gasteiger partial charge in [-0.15, -0.1) is 0 Å². The van der Waals surface area contributed by atoms with E-state index < -0.39 is 0 Å². The highest BCUT2D eigenvalue weighted by Crippen LogP contribution is 2.12. The van der Waals surface area contributed by atoms with E-state index in [0.717, 1.165) is 11.4 Å². The molecule has 1 N–H and O–H groups in total. The molecular formula is C10H13N3O2. The fourth-order valence-corrected chi connectivity index (χ4v) is 1.65. The maximum Gasteiger partial charge on any atom is 0.230 e. The Morgan fingerprint density at radius 1 is 1.53 bits per heavy atom. The molecule has 0 atom stereocenters. The van der Waals surface area contributed by atoms with Gasteiger partial charge in [-0.05, 0) is 6.92 Å². The van der Waals surface area contributed by atoms with Crippen LogP contribution >= 0.6 is 0 Å². The summed E-state index contributed by atoms with van der Waals surface area (Å²) < 4.78 is 0. The van der Waals surface area contributed by atoms with Gasteiger partial charge in [0.1, 0.15) is 5.78 Å². The van der Waals surface area contributed by atoms with Crippen LogP contribution in [-0.2, 0) is 16.1 Å². The normalized spacial score (nSPS) is 17.3. The molecule has 15 heavy (non-hydrogen) atoms. The third kappa shape index (κ3) is 2.06. The number of piperidine rings is 1. The van der Waals surface area contributed by atoms with E-state index in [1.165, 1.54) is 0 Å². The minimum atomic E-state index is -0.0892. The quantitative estimate of drug-likeness (QED) is 0.714. The van der Waals surface area contributed by atoms with E-state index in [1.54, 1.807) is 11.2 Å². The van der Waals surface area contributed by atoms with Crippen molar-refractivity contribution in [2.75, 3.05) is 6.54 Å². The van der Waals surface area contributed by atoms with Crippen LogP contribution in [-0.4, -0.2) is 33.1 Å². The number of ketones is 1. The average molecular weight is 207 g/mol. The lowest BCUT2D eigenvalue weighted by Gasteiger charge is -2.25. The summed E-state index contributed by atoms with van der Waals surface area (Å²) in [5.74, 6) is -0.0522. The number of Topliss-reactive ketones (excluding diaryl/α,β-unsaturated/α-hetero) is 1. The number of amides is 1. The zero-order valence-corrected chi connectivity index (χ0v) is 8.62. The van der Waals surface area contributed by atoms with Crippen molar-refractivity contribution in [2.24, 2.45) is 0 Å². The Morgan fingerprint density at radius 2 is 2.33 bits per heavy atom. The maximum absolute atomic E-state index is 11.5. The standard InChI is InChI=1S/C10H13N3O2/c1-7-9(12-6-11-7)5-13-3-2-8(14)4-10(13)15/h6H,2-5H2,1H3,(H,11,12). The molecule has 0 radical (unpaired) electrons. The number of likely N-dealkylation sites (tertiary alicyclic amines) is 1. The number of H-pyrrole nitrogens is 1. The molecule has 1 aliphatic rings. The predicted molar refractivity (Wildman–Crippen MR) is 53.0 cm³/mol. The van der Waals surface area contributed by atoms with Crippen molar-refractivity contribution in [1.29, 1.82) is 0 Å². The highest BCUT2D eigenvalue weighted by molar-refractivity contribution is 6.00. The van der Waals surface area contributed by atoms with Crippen LogP contribution in [0.2, 0.25) is 0 Å². The second kappa shape index (κ2) is 3.84. The summed E-state index contributed by atoms with van der Waals surface area (Å²) in [7, 11) is 0. The molecule has 5 nitrogen and oxygen atoms in total. The van der Waals surface area contributed by atoms with Crippen molar-refractivity contribution in [3.05, 3.63) is 17.7 Å². The molecule has 1 fully saturated rings. The number of rotatable bonds is 2. The minimum Gasteiger partial charge on any atom is -0.348 e. The summed E-state index contributed by atoms with van der Waals surface area (Å²) in [6.07, 6.45) is 2.13. The Morgan fingerprint density at radius 3 is 2.93 bits per heavy atom. The number of hydrogen-bond acceptors (Lipinski definition) is 3. The molecule has 80 valence electrons. The van der Waals surface area contributed by atoms with Crippen LogP contribution in [0.5, 0.6) is 0 Å². The predicted octanol–water partition coefficient (Wildman–Crippen LogP) is 0.410. The van der Waals surface area contributed by atoms with Gasteiger partial charge < -0.3 is 9.88 Å². The van der Waals surface area contributed by atoms with Crippen molar-refractivity contribution in [2.45, 2.75) is 26.3 Å². The number of carbonyl (C=O) groups excluding carboxylic acids is 2. The zero-order chi connectivity index (χ0) is 10.8. The average Bonchev–Trinajstić information content (AvgIpc) is 2.57. The first-order chi connectivity index (χ1) is 7.16. The van der Waals surface area contributed by atoms with E-state index in [1.807, 2.05) is 6.92 Å². The smallest absolute Gasteiger partial charge is 0.230 e.